The minimum atomic E-state index is 0. The van der Waals surface area contributed by atoms with Crippen LogP contribution in [-0.2, 0) is 0 Å². The first kappa shape index (κ1) is 16.0. The quantitative estimate of drug-likeness (QED) is 0.920. The third-order valence-corrected chi connectivity index (χ3v) is 3.69. The molecule has 1 saturated heterocycles. The molecule has 1 aromatic rings. The summed E-state index contributed by atoms with van der Waals surface area (Å²) in [5.74, 6) is 0.0200. The van der Waals surface area contributed by atoms with Gasteiger partial charge in [-0.3, -0.25) is 9.48 Å². The summed E-state index contributed by atoms with van der Waals surface area (Å²) in [5, 5.41) is 4.32. The summed E-state index contributed by atoms with van der Waals surface area (Å²) in [4.78, 5) is 14.2. The normalized spacial score (nSPS) is 22.7. The highest BCUT2D eigenvalue weighted by Crippen LogP contribution is 2.29. The zero-order valence-electron chi connectivity index (χ0n) is 11.8. The fraction of sp³-hybridized carbons (Fsp3) is 0.692. The first-order valence-corrected chi connectivity index (χ1v) is 6.50. The highest BCUT2D eigenvalue weighted by atomic mass is 35.5. The predicted molar refractivity (Wildman–Crippen MR) is 77.5 cm³/mol. The molecule has 0 aromatic carbocycles. The van der Waals surface area contributed by atoms with E-state index in [-0.39, 0.29) is 29.8 Å². The highest BCUT2D eigenvalue weighted by molar-refractivity contribution is 5.92. The minimum Gasteiger partial charge on any atom is -0.337 e. The number of halogens is 1. The fourth-order valence-corrected chi connectivity index (χ4v) is 2.27. The maximum absolute atomic E-state index is 12.3. The van der Waals surface area contributed by atoms with Gasteiger partial charge in [-0.2, -0.15) is 5.10 Å². The summed E-state index contributed by atoms with van der Waals surface area (Å²) in [5.41, 5.74) is 6.35. The Morgan fingerprint density at radius 2 is 2.26 bits per heavy atom. The summed E-state index contributed by atoms with van der Waals surface area (Å²) in [6.45, 7) is 8.35. The molecular weight excluding hydrogens is 264 g/mol. The molecule has 0 aliphatic carbocycles. The van der Waals surface area contributed by atoms with Gasteiger partial charge in [-0.1, -0.05) is 6.92 Å². The number of carbonyl (C=O) groups is 1. The SMILES string of the molecule is CC(C)n1ccc(C(=O)N2CCC(C)(CN)C2)n1.Cl. The first-order valence-electron chi connectivity index (χ1n) is 6.50. The number of amides is 1. The molecule has 0 spiro atoms. The Hall–Kier alpha value is -1.07. The smallest absolute Gasteiger partial charge is 0.274 e. The second-order valence-electron chi connectivity index (χ2n) is 5.77. The van der Waals surface area contributed by atoms with E-state index in [1.54, 1.807) is 6.07 Å². The second-order valence-corrected chi connectivity index (χ2v) is 5.77. The van der Waals surface area contributed by atoms with Gasteiger partial charge in [-0.05, 0) is 38.3 Å². The van der Waals surface area contributed by atoms with Crippen molar-refractivity contribution in [2.45, 2.75) is 33.2 Å². The lowest BCUT2D eigenvalue weighted by Crippen LogP contribution is -2.34. The van der Waals surface area contributed by atoms with E-state index in [1.807, 2.05) is 29.6 Å². The van der Waals surface area contributed by atoms with Gasteiger partial charge in [0.25, 0.3) is 5.91 Å². The number of nitrogens with zero attached hydrogens (tertiary/aromatic N) is 3. The van der Waals surface area contributed by atoms with E-state index < -0.39 is 0 Å². The van der Waals surface area contributed by atoms with Crippen molar-refractivity contribution in [2.75, 3.05) is 19.6 Å². The molecule has 0 saturated carbocycles. The zero-order chi connectivity index (χ0) is 13.3. The van der Waals surface area contributed by atoms with Gasteiger partial charge in [0, 0.05) is 25.3 Å². The average molecular weight is 287 g/mol. The lowest BCUT2D eigenvalue weighted by molar-refractivity contribution is 0.0770. The van der Waals surface area contributed by atoms with Crippen LogP contribution in [0, 0.1) is 5.41 Å². The van der Waals surface area contributed by atoms with Crippen LogP contribution in [0.25, 0.3) is 0 Å². The van der Waals surface area contributed by atoms with Crippen LogP contribution < -0.4 is 5.73 Å². The third kappa shape index (κ3) is 3.28. The van der Waals surface area contributed by atoms with Gasteiger partial charge in [0.2, 0.25) is 0 Å². The van der Waals surface area contributed by atoms with Crippen molar-refractivity contribution < 1.29 is 4.79 Å². The van der Waals surface area contributed by atoms with Crippen molar-refractivity contribution in [1.82, 2.24) is 14.7 Å². The van der Waals surface area contributed by atoms with Crippen molar-refractivity contribution in [2.24, 2.45) is 11.1 Å². The summed E-state index contributed by atoms with van der Waals surface area (Å²) < 4.78 is 1.81. The van der Waals surface area contributed by atoms with Crippen molar-refractivity contribution in [3.63, 3.8) is 0 Å². The van der Waals surface area contributed by atoms with Crippen LogP contribution >= 0.6 is 12.4 Å². The number of carbonyl (C=O) groups excluding carboxylic acids is 1. The molecule has 2 rings (SSSR count). The van der Waals surface area contributed by atoms with E-state index >= 15 is 0 Å². The van der Waals surface area contributed by atoms with E-state index in [9.17, 15) is 4.79 Å². The number of rotatable bonds is 3. The number of nitrogens with two attached hydrogens (primary N) is 1. The molecule has 1 amide bonds. The van der Waals surface area contributed by atoms with E-state index in [0.29, 0.717) is 12.2 Å². The average Bonchev–Trinajstić information content (AvgIpc) is 2.95. The molecule has 1 unspecified atom stereocenters. The monoisotopic (exact) mass is 286 g/mol. The zero-order valence-corrected chi connectivity index (χ0v) is 12.6. The highest BCUT2D eigenvalue weighted by Gasteiger charge is 2.35. The van der Waals surface area contributed by atoms with E-state index in [0.717, 1.165) is 19.5 Å². The Morgan fingerprint density at radius 1 is 1.58 bits per heavy atom. The van der Waals surface area contributed by atoms with Gasteiger partial charge in [0.05, 0.1) is 0 Å². The van der Waals surface area contributed by atoms with Gasteiger partial charge < -0.3 is 10.6 Å². The van der Waals surface area contributed by atoms with Crippen LogP contribution in [0.15, 0.2) is 12.3 Å². The van der Waals surface area contributed by atoms with Crippen LogP contribution in [0.2, 0.25) is 0 Å². The van der Waals surface area contributed by atoms with Gasteiger partial charge >= 0.3 is 0 Å². The molecule has 2 N–H and O–H groups in total. The minimum absolute atomic E-state index is 0. The predicted octanol–water partition coefficient (Wildman–Crippen LogP) is 1.70. The molecule has 1 atom stereocenters. The maximum atomic E-state index is 12.3. The Balaban J connectivity index is 0.00000180. The third-order valence-electron chi connectivity index (χ3n) is 3.69. The molecule has 1 aliphatic heterocycles. The van der Waals surface area contributed by atoms with Crippen molar-refractivity contribution in [1.29, 1.82) is 0 Å². The van der Waals surface area contributed by atoms with Crippen LogP contribution in [-0.4, -0.2) is 40.2 Å². The maximum Gasteiger partial charge on any atom is 0.274 e. The summed E-state index contributed by atoms with van der Waals surface area (Å²) >= 11 is 0. The molecule has 0 radical (unpaired) electrons. The first-order chi connectivity index (χ1) is 8.45. The number of hydrogen-bond acceptors (Lipinski definition) is 3. The molecule has 19 heavy (non-hydrogen) atoms. The summed E-state index contributed by atoms with van der Waals surface area (Å²) in [7, 11) is 0. The lowest BCUT2D eigenvalue weighted by atomic mass is 9.90. The van der Waals surface area contributed by atoms with Gasteiger partial charge in [0.15, 0.2) is 0 Å². The molecule has 2 heterocycles. The van der Waals surface area contributed by atoms with E-state index in [4.69, 9.17) is 5.73 Å². The van der Waals surface area contributed by atoms with E-state index in [2.05, 4.69) is 12.0 Å². The molecule has 108 valence electrons. The van der Waals surface area contributed by atoms with Gasteiger partial charge in [0.1, 0.15) is 5.69 Å². The van der Waals surface area contributed by atoms with E-state index in [1.165, 1.54) is 0 Å². The molecule has 0 bridgehead atoms. The number of likely N-dealkylation sites (tertiary alicyclic amines) is 1. The molecule has 5 nitrogen and oxygen atoms in total. The summed E-state index contributed by atoms with van der Waals surface area (Å²) in [6, 6.07) is 2.07. The van der Waals surface area contributed by atoms with Crippen molar-refractivity contribution in [3.8, 4) is 0 Å². The van der Waals surface area contributed by atoms with Crippen LogP contribution in [0.1, 0.15) is 43.7 Å². The standard InChI is InChI=1S/C13H22N4O.ClH/c1-10(2)17-6-4-11(15-17)12(18)16-7-5-13(3,8-14)9-16;/h4,6,10H,5,7-9,14H2,1-3H3;1H. The topological polar surface area (TPSA) is 64.2 Å². The molecular formula is C13H23ClN4O. The molecule has 1 aromatic heterocycles. The van der Waals surface area contributed by atoms with Crippen LogP contribution in [0.3, 0.4) is 0 Å². The van der Waals surface area contributed by atoms with Crippen LogP contribution in [0.4, 0.5) is 0 Å². The number of aromatic nitrogens is 2. The Kier molecular flexibility index (Phi) is 4.98. The Morgan fingerprint density at radius 3 is 2.74 bits per heavy atom. The second kappa shape index (κ2) is 5.92. The van der Waals surface area contributed by atoms with Crippen molar-refractivity contribution >= 4 is 18.3 Å². The molecule has 6 heteroatoms. The van der Waals surface area contributed by atoms with Crippen LogP contribution in [0.5, 0.6) is 0 Å². The molecule has 1 fully saturated rings. The molecule has 1 aliphatic rings. The van der Waals surface area contributed by atoms with Gasteiger partial charge in [-0.25, -0.2) is 0 Å². The Bertz CT molecular complexity index is 446. The fourth-order valence-electron chi connectivity index (χ4n) is 2.27. The van der Waals surface area contributed by atoms with Crippen molar-refractivity contribution in [3.05, 3.63) is 18.0 Å². The number of hydrogen-bond donors (Lipinski definition) is 1. The largest absolute Gasteiger partial charge is 0.337 e. The summed E-state index contributed by atoms with van der Waals surface area (Å²) in [6.07, 6.45) is 2.83. The van der Waals surface area contributed by atoms with Gasteiger partial charge in [-0.15, -0.1) is 12.4 Å². The Labute approximate surface area is 120 Å². The lowest BCUT2D eigenvalue weighted by Gasteiger charge is -2.22.